The minimum atomic E-state index is -3.46. The molecule has 0 aliphatic carbocycles. The van der Waals surface area contributed by atoms with Crippen molar-refractivity contribution in [1.29, 1.82) is 0 Å². The highest BCUT2D eigenvalue weighted by atomic mass is 35.5. The number of carbonyl (C=O) groups excluding carboxylic acids is 1. The minimum Gasteiger partial charge on any atom is -0.378 e. The molecule has 2 saturated heterocycles. The van der Waals surface area contributed by atoms with Crippen LogP contribution in [0.2, 0.25) is 0 Å². The zero-order valence-electron chi connectivity index (χ0n) is 14.6. The van der Waals surface area contributed by atoms with Crippen molar-refractivity contribution in [1.82, 2.24) is 14.9 Å². The van der Waals surface area contributed by atoms with E-state index >= 15 is 0 Å². The Labute approximate surface area is 160 Å². The van der Waals surface area contributed by atoms with Crippen LogP contribution < -0.4 is 10.6 Å². The topological polar surface area (TPSA) is 87.7 Å². The van der Waals surface area contributed by atoms with Crippen molar-refractivity contribution in [2.45, 2.75) is 36.7 Å². The number of sulfonamides is 1. The van der Waals surface area contributed by atoms with Gasteiger partial charge in [-0.2, -0.15) is 4.31 Å². The van der Waals surface area contributed by atoms with Crippen LogP contribution >= 0.6 is 12.4 Å². The highest BCUT2D eigenvalue weighted by Gasteiger charge is 2.26. The van der Waals surface area contributed by atoms with E-state index in [9.17, 15) is 13.2 Å². The highest BCUT2D eigenvalue weighted by Crippen LogP contribution is 2.21. The van der Waals surface area contributed by atoms with Gasteiger partial charge in [0.2, 0.25) is 15.9 Å². The Morgan fingerprint density at radius 3 is 2.73 bits per heavy atom. The number of ether oxygens (including phenoxy) is 1. The maximum Gasteiger partial charge on any atom is 0.243 e. The van der Waals surface area contributed by atoms with Crippen molar-refractivity contribution in [3.63, 3.8) is 0 Å². The smallest absolute Gasteiger partial charge is 0.243 e. The number of halogens is 1. The fourth-order valence-electron chi connectivity index (χ4n) is 3.12. The third-order valence-corrected chi connectivity index (χ3v) is 6.45. The van der Waals surface area contributed by atoms with Crippen LogP contribution in [-0.2, 0) is 26.1 Å². The normalized spacial score (nSPS) is 21.6. The molecule has 0 radical (unpaired) electrons. The van der Waals surface area contributed by atoms with Crippen molar-refractivity contribution >= 4 is 28.3 Å². The fraction of sp³-hybridized carbons (Fsp3) is 0.588. The Kier molecular flexibility index (Phi) is 7.85. The Bertz CT molecular complexity index is 702. The summed E-state index contributed by atoms with van der Waals surface area (Å²) in [7, 11) is -3.46. The molecule has 1 unspecified atom stereocenters. The van der Waals surface area contributed by atoms with Crippen LogP contribution in [0.25, 0.3) is 0 Å². The second-order valence-electron chi connectivity index (χ2n) is 6.41. The number of nitrogens with zero attached hydrogens (tertiary/aromatic N) is 1. The second kappa shape index (κ2) is 9.66. The van der Waals surface area contributed by atoms with Crippen LogP contribution in [0.15, 0.2) is 29.2 Å². The Balaban J connectivity index is 0.00000243. The molecule has 1 amide bonds. The van der Waals surface area contributed by atoms with Gasteiger partial charge in [-0.15, -0.1) is 12.4 Å². The first-order chi connectivity index (χ1) is 12.1. The van der Waals surface area contributed by atoms with E-state index in [0.717, 1.165) is 24.8 Å². The van der Waals surface area contributed by atoms with Gasteiger partial charge in [-0.3, -0.25) is 4.79 Å². The molecule has 26 heavy (non-hydrogen) atoms. The van der Waals surface area contributed by atoms with Crippen LogP contribution in [-0.4, -0.2) is 57.5 Å². The summed E-state index contributed by atoms with van der Waals surface area (Å²) >= 11 is 0. The van der Waals surface area contributed by atoms with Gasteiger partial charge in [-0.05, 0) is 30.5 Å². The Morgan fingerprint density at radius 1 is 1.27 bits per heavy atom. The van der Waals surface area contributed by atoms with Crippen molar-refractivity contribution in [3.05, 3.63) is 29.8 Å². The monoisotopic (exact) mass is 403 g/mol. The average molecular weight is 404 g/mol. The first-order valence-electron chi connectivity index (χ1n) is 8.75. The Hall–Kier alpha value is -1.19. The number of carbonyl (C=O) groups is 1. The van der Waals surface area contributed by atoms with Crippen molar-refractivity contribution in [2.75, 3.05) is 32.8 Å². The van der Waals surface area contributed by atoms with Crippen LogP contribution in [0, 0.1) is 0 Å². The lowest BCUT2D eigenvalue weighted by Gasteiger charge is -2.26. The number of hydrogen-bond acceptors (Lipinski definition) is 5. The molecule has 1 atom stereocenters. The lowest BCUT2D eigenvalue weighted by molar-refractivity contribution is -0.126. The van der Waals surface area contributed by atoms with E-state index in [4.69, 9.17) is 4.74 Å². The molecule has 1 aromatic rings. The Morgan fingerprint density at radius 2 is 2.04 bits per heavy atom. The van der Waals surface area contributed by atoms with E-state index in [-0.39, 0.29) is 24.4 Å². The largest absolute Gasteiger partial charge is 0.378 e. The molecule has 0 aromatic heterocycles. The minimum absolute atomic E-state index is 0. The first kappa shape index (κ1) is 21.1. The summed E-state index contributed by atoms with van der Waals surface area (Å²) in [5.74, 6) is -0.135. The summed E-state index contributed by atoms with van der Waals surface area (Å²) in [6.07, 6.45) is 2.90. The lowest BCUT2D eigenvalue weighted by Crippen LogP contribution is -2.51. The van der Waals surface area contributed by atoms with Crippen LogP contribution in [0.5, 0.6) is 0 Å². The molecule has 0 spiro atoms. The summed E-state index contributed by atoms with van der Waals surface area (Å²) in [6, 6.07) is 6.45. The molecule has 2 N–H and O–H groups in total. The van der Waals surface area contributed by atoms with Crippen LogP contribution in [0.3, 0.4) is 0 Å². The number of hydrogen-bond donors (Lipinski definition) is 2. The summed E-state index contributed by atoms with van der Waals surface area (Å²) in [6.45, 7) is 3.07. The van der Waals surface area contributed by atoms with E-state index in [1.807, 2.05) is 6.07 Å². The summed E-state index contributed by atoms with van der Waals surface area (Å²) < 4.78 is 32.3. The number of morpholine rings is 1. The molecule has 2 aliphatic heterocycles. The molecular weight excluding hydrogens is 378 g/mol. The highest BCUT2D eigenvalue weighted by molar-refractivity contribution is 7.89. The second-order valence-corrected chi connectivity index (χ2v) is 8.35. The van der Waals surface area contributed by atoms with Gasteiger partial charge in [-0.1, -0.05) is 18.6 Å². The summed E-state index contributed by atoms with van der Waals surface area (Å²) in [5.41, 5.74) is 0.767. The first-order valence-corrected chi connectivity index (χ1v) is 10.2. The van der Waals surface area contributed by atoms with Crippen molar-refractivity contribution in [3.8, 4) is 0 Å². The summed E-state index contributed by atoms with van der Waals surface area (Å²) in [4.78, 5) is 12.4. The van der Waals surface area contributed by atoms with E-state index in [2.05, 4.69) is 10.6 Å². The molecule has 9 heteroatoms. The average Bonchev–Trinajstić information content (AvgIpc) is 2.67. The molecule has 146 valence electrons. The molecule has 2 aliphatic rings. The van der Waals surface area contributed by atoms with Gasteiger partial charge in [0, 0.05) is 26.2 Å². The van der Waals surface area contributed by atoms with Gasteiger partial charge in [0.1, 0.15) is 6.04 Å². The summed E-state index contributed by atoms with van der Waals surface area (Å²) in [5, 5.41) is 5.93. The quantitative estimate of drug-likeness (QED) is 0.762. The van der Waals surface area contributed by atoms with Gasteiger partial charge >= 0.3 is 0 Å². The van der Waals surface area contributed by atoms with Gasteiger partial charge in [0.05, 0.1) is 18.1 Å². The zero-order chi connectivity index (χ0) is 17.7. The maximum atomic E-state index is 12.7. The number of amides is 1. The molecule has 2 fully saturated rings. The third kappa shape index (κ3) is 5.17. The van der Waals surface area contributed by atoms with Crippen LogP contribution in [0.1, 0.15) is 24.8 Å². The SMILES string of the molecule is Cl.O=C(NCc1cccc(S(=O)(=O)N2CCCCC2)c1)C1COCCN1. The van der Waals surface area contributed by atoms with Gasteiger partial charge in [-0.25, -0.2) is 8.42 Å². The van der Waals surface area contributed by atoms with Crippen molar-refractivity contribution < 1.29 is 17.9 Å². The predicted octanol–water partition coefficient (Wildman–Crippen LogP) is 0.888. The standard InChI is InChI=1S/C17H25N3O4S.ClH/c21-17(16-13-24-10-7-18-16)19-12-14-5-4-6-15(11-14)25(22,23)20-8-2-1-3-9-20;/h4-6,11,16,18H,1-3,7-10,12-13H2,(H,19,21);1H. The van der Waals surface area contributed by atoms with E-state index in [0.29, 0.717) is 44.3 Å². The van der Waals surface area contributed by atoms with Gasteiger partial charge in [0.15, 0.2) is 0 Å². The molecular formula is C17H26ClN3O4S. The third-order valence-electron chi connectivity index (χ3n) is 4.56. The van der Waals surface area contributed by atoms with E-state index < -0.39 is 10.0 Å². The number of piperidine rings is 1. The molecule has 2 heterocycles. The van der Waals surface area contributed by atoms with E-state index in [1.54, 1.807) is 22.5 Å². The van der Waals surface area contributed by atoms with Gasteiger partial charge < -0.3 is 15.4 Å². The van der Waals surface area contributed by atoms with Crippen LogP contribution in [0.4, 0.5) is 0 Å². The number of rotatable bonds is 5. The molecule has 0 saturated carbocycles. The maximum absolute atomic E-state index is 12.7. The van der Waals surface area contributed by atoms with Gasteiger partial charge in [0.25, 0.3) is 0 Å². The van der Waals surface area contributed by atoms with Crippen molar-refractivity contribution in [2.24, 2.45) is 0 Å². The molecule has 7 nitrogen and oxygen atoms in total. The number of benzene rings is 1. The predicted molar refractivity (Wildman–Crippen MR) is 101 cm³/mol. The molecule has 0 bridgehead atoms. The zero-order valence-corrected chi connectivity index (χ0v) is 16.3. The molecule has 3 rings (SSSR count). The lowest BCUT2D eigenvalue weighted by atomic mass is 10.2. The molecule has 1 aromatic carbocycles. The van der Waals surface area contributed by atoms with E-state index in [1.165, 1.54) is 0 Å². The number of nitrogens with one attached hydrogen (secondary N) is 2. The fourth-order valence-corrected chi connectivity index (χ4v) is 4.70.